The first-order valence-corrected chi connectivity index (χ1v) is 5.64. The van der Waals surface area contributed by atoms with Crippen molar-refractivity contribution in [1.82, 2.24) is 0 Å². The SMILES string of the molecule is CCc1ccccc1OC1CCCC1. The normalized spacial score (nSPS) is 17.2. The van der Waals surface area contributed by atoms with Crippen LogP contribution in [0.5, 0.6) is 5.75 Å². The van der Waals surface area contributed by atoms with Gasteiger partial charge in [-0.15, -0.1) is 0 Å². The molecule has 76 valence electrons. The number of benzene rings is 1. The molecule has 1 aromatic rings. The van der Waals surface area contributed by atoms with Crippen LogP contribution in [0.3, 0.4) is 0 Å². The Labute approximate surface area is 86.1 Å². The molecule has 0 atom stereocenters. The summed E-state index contributed by atoms with van der Waals surface area (Å²) in [6.45, 7) is 2.18. The summed E-state index contributed by atoms with van der Waals surface area (Å²) in [6, 6.07) is 8.39. The Morgan fingerprint density at radius 2 is 1.93 bits per heavy atom. The Morgan fingerprint density at radius 1 is 1.21 bits per heavy atom. The maximum Gasteiger partial charge on any atom is 0.122 e. The number of para-hydroxylation sites is 1. The smallest absolute Gasteiger partial charge is 0.122 e. The molecule has 2 rings (SSSR count). The van der Waals surface area contributed by atoms with Crippen molar-refractivity contribution in [2.75, 3.05) is 0 Å². The van der Waals surface area contributed by atoms with Crippen molar-refractivity contribution in [2.24, 2.45) is 0 Å². The molecule has 14 heavy (non-hydrogen) atoms. The van der Waals surface area contributed by atoms with E-state index in [1.54, 1.807) is 0 Å². The van der Waals surface area contributed by atoms with Gasteiger partial charge in [0.15, 0.2) is 0 Å². The average molecular weight is 190 g/mol. The lowest BCUT2D eigenvalue weighted by atomic mass is 10.1. The summed E-state index contributed by atoms with van der Waals surface area (Å²) >= 11 is 0. The molecule has 0 saturated heterocycles. The van der Waals surface area contributed by atoms with E-state index in [1.165, 1.54) is 31.2 Å². The van der Waals surface area contributed by atoms with Crippen LogP contribution in [0.25, 0.3) is 0 Å². The van der Waals surface area contributed by atoms with Crippen LogP contribution < -0.4 is 4.74 Å². The summed E-state index contributed by atoms with van der Waals surface area (Å²) in [4.78, 5) is 0. The van der Waals surface area contributed by atoms with Crippen LogP contribution in [0.15, 0.2) is 24.3 Å². The van der Waals surface area contributed by atoms with Gasteiger partial charge in [-0.2, -0.15) is 0 Å². The van der Waals surface area contributed by atoms with Crippen molar-refractivity contribution < 1.29 is 4.74 Å². The lowest BCUT2D eigenvalue weighted by Crippen LogP contribution is -2.11. The number of rotatable bonds is 3. The summed E-state index contributed by atoms with van der Waals surface area (Å²) in [5, 5.41) is 0. The summed E-state index contributed by atoms with van der Waals surface area (Å²) in [5.74, 6) is 1.10. The van der Waals surface area contributed by atoms with Gasteiger partial charge in [0.1, 0.15) is 5.75 Å². The minimum absolute atomic E-state index is 0.475. The largest absolute Gasteiger partial charge is 0.490 e. The van der Waals surface area contributed by atoms with Crippen molar-refractivity contribution in [3.63, 3.8) is 0 Å². The first kappa shape index (κ1) is 9.57. The molecule has 1 heteroatoms. The van der Waals surface area contributed by atoms with Gasteiger partial charge in [-0.1, -0.05) is 25.1 Å². The maximum atomic E-state index is 6.00. The van der Waals surface area contributed by atoms with E-state index in [4.69, 9.17) is 4.74 Å². The summed E-state index contributed by atoms with van der Waals surface area (Å²) in [7, 11) is 0. The Balaban J connectivity index is 2.07. The molecule has 0 heterocycles. The first-order valence-electron chi connectivity index (χ1n) is 5.64. The van der Waals surface area contributed by atoms with E-state index in [2.05, 4.69) is 31.2 Å². The minimum Gasteiger partial charge on any atom is -0.490 e. The highest BCUT2D eigenvalue weighted by molar-refractivity contribution is 5.33. The van der Waals surface area contributed by atoms with E-state index in [1.807, 2.05) is 0 Å². The molecule has 0 spiro atoms. The summed E-state index contributed by atoms with van der Waals surface area (Å²) in [6.07, 6.45) is 6.67. The van der Waals surface area contributed by atoms with Crippen LogP contribution in [0.2, 0.25) is 0 Å². The van der Waals surface area contributed by atoms with Gasteiger partial charge in [0.2, 0.25) is 0 Å². The highest BCUT2D eigenvalue weighted by Gasteiger charge is 2.17. The van der Waals surface area contributed by atoms with Crippen molar-refractivity contribution in [2.45, 2.75) is 45.1 Å². The van der Waals surface area contributed by atoms with Crippen LogP contribution >= 0.6 is 0 Å². The second-order valence-corrected chi connectivity index (χ2v) is 3.99. The number of ether oxygens (including phenoxy) is 1. The molecule has 1 saturated carbocycles. The fraction of sp³-hybridized carbons (Fsp3) is 0.538. The monoisotopic (exact) mass is 190 g/mol. The van der Waals surface area contributed by atoms with Crippen molar-refractivity contribution in [1.29, 1.82) is 0 Å². The van der Waals surface area contributed by atoms with Gasteiger partial charge >= 0.3 is 0 Å². The van der Waals surface area contributed by atoms with Crippen molar-refractivity contribution >= 4 is 0 Å². The topological polar surface area (TPSA) is 9.23 Å². The number of hydrogen-bond donors (Lipinski definition) is 0. The van der Waals surface area contributed by atoms with E-state index < -0.39 is 0 Å². The maximum absolute atomic E-state index is 6.00. The molecule has 0 N–H and O–H groups in total. The standard InChI is InChI=1S/C13H18O/c1-2-11-7-3-6-10-13(11)14-12-8-4-5-9-12/h3,6-7,10,12H,2,4-5,8-9H2,1H3. The van der Waals surface area contributed by atoms with Gasteiger partial charge < -0.3 is 4.74 Å². The Hall–Kier alpha value is -0.980. The molecule has 1 aromatic carbocycles. The van der Waals surface area contributed by atoms with Crippen LogP contribution in [0.4, 0.5) is 0 Å². The molecule has 0 aromatic heterocycles. The highest BCUT2D eigenvalue weighted by atomic mass is 16.5. The lowest BCUT2D eigenvalue weighted by Gasteiger charge is -2.15. The van der Waals surface area contributed by atoms with E-state index >= 15 is 0 Å². The lowest BCUT2D eigenvalue weighted by molar-refractivity contribution is 0.208. The van der Waals surface area contributed by atoms with Crippen LogP contribution in [-0.2, 0) is 6.42 Å². The molecule has 0 amide bonds. The third kappa shape index (κ3) is 2.09. The van der Waals surface area contributed by atoms with E-state index in [9.17, 15) is 0 Å². The molecular weight excluding hydrogens is 172 g/mol. The van der Waals surface area contributed by atoms with Gasteiger partial charge in [0.25, 0.3) is 0 Å². The molecule has 1 nitrogen and oxygen atoms in total. The predicted octanol–water partition coefficient (Wildman–Crippen LogP) is 3.57. The molecule has 1 fully saturated rings. The molecule has 0 bridgehead atoms. The van der Waals surface area contributed by atoms with Gasteiger partial charge in [-0.3, -0.25) is 0 Å². The van der Waals surface area contributed by atoms with Crippen LogP contribution in [0.1, 0.15) is 38.2 Å². The summed E-state index contributed by atoms with van der Waals surface area (Å²) in [5.41, 5.74) is 1.33. The Bertz CT molecular complexity index is 287. The summed E-state index contributed by atoms with van der Waals surface area (Å²) < 4.78 is 6.00. The molecule has 1 aliphatic rings. The third-order valence-electron chi connectivity index (χ3n) is 2.95. The molecule has 0 aliphatic heterocycles. The zero-order chi connectivity index (χ0) is 9.80. The Morgan fingerprint density at radius 3 is 2.64 bits per heavy atom. The zero-order valence-corrected chi connectivity index (χ0v) is 8.83. The number of aryl methyl sites for hydroxylation is 1. The van der Waals surface area contributed by atoms with Crippen LogP contribution in [-0.4, -0.2) is 6.10 Å². The van der Waals surface area contributed by atoms with Crippen molar-refractivity contribution in [3.8, 4) is 5.75 Å². The fourth-order valence-corrected chi connectivity index (χ4v) is 2.10. The third-order valence-corrected chi connectivity index (χ3v) is 2.95. The van der Waals surface area contributed by atoms with Gasteiger partial charge in [-0.25, -0.2) is 0 Å². The zero-order valence-electron chi connectivity index (χ0n) is 8.83. The van der Waals surface area contributed by atoms with E-state index in [0.29, 0.717) is 6.10 Å². The molecular formula is C13H18O. The minimum atomic E-state index is 0.475. The molecule has 0 unspecified atom stereocenters. The van der Waals surface area contributed by atoms with Gasteiger partial charge in [0.05, 0.1) is 6.10 Å². The van der Waals surface area contributed by atoms with Gasteiger partial charge in [-0.05, 0) is 43.7 Å². The van der Waals surface area contributed by atoms with Crippen molar-refractivity contribution in [3.05, 3.63) is 29.8 Å². The quantitative estimate of drug-likeness (QED) is 0.708. The van der Waals surface area contributed by atoms with Crippen LogP contribution in [0, 0.1) is 0 Å². The highest BCUT2D eigenvalue weighted by Crippen LogP contribution is 2.26. The average Bonchev–Trinajstić information content (AvgIpc) is 2.71. The Kier molecular flexibility index (Phi) is 3.07. The molecule has 0 radical (unpaired) electrons. The van der Waals surface area contributed by atoms with E-state index in [-0.39, 0.29) is 0 Å². The second kappa shape index (κ2) is 4.50. The van der Waals surface area contributed by atoms with Gasteiger partial charge in [0, 0.05) is 0 Å². The predicted molar refractivity (Wildman–Crippen MR) is 58.7 cm³/mol. The van der Waals surface area contributed by atoms with E-state index in [0.717, 1.165) is 12.2 Å². The molecule has 1 aliphatic carbocycles. The second-order valence-electron chi connectivity index (χ2n) is 3.99. The fourth-order valence-electron chi connectivity index (χ4n) is 2.10. The number of hydrogen-bond acceptors (Lipinski definition) is 1. The first-order chi connectivity index (χ1) is 6.90.